The molecule has 5 nitrogen and oxygen atoms in total. The maximum Gasteiger partial charge on any atom is 0.244 e. The minimum Gasteiger partial charge on any atom is -0.373 e. The number of rotatable bonds is 3. The Labute approximate surface area is 107 Å². The van der Waals surface area contributed by atoms with Crippen molar-refractivity contribution >= 4 is 11.6 Å². The number of hydrogen-bond acceptors (Lipinski definition) is 4. The Balaban J connectivity index is 3.05. The number of likely N-dealkylation sites (N-methyl/N-ethyl adjacent to an activating group) is 1. The topological polar surface area (TPSA) is 69.0 Å². The van der Waals surface area contributed by atoms with Crippen LogP contribution in [0.15, 0.2) is 6.07 Å². The van der Waals surface area contributed by atoms with Gasteiger partial charge in [0.25, 0.3) is 0 Å². The van der Waals surface area contributed by atoms with E-state index in [2.05, 4.69) is 16.4 Å². The fraction of sp³-hybridized carbons (Fsp3) is 0.462. The van der Waals surface area contributed by atoms with Gasteiger partial charge in [0, 0.05) is 19.8 Å². The van der Waals surface area contributed by atoms with E-state index in [1.54, 1.807) is 34.0 Å². The van der Waals surface area contributed by atoms with Crippen LogP contribution >= 0.6 is 0 Å². The van der Waals surface area contributed by atoms with Crippen molar-refractivity contribution in [1.82, 2.24) is 9.88 Å². The van der Waals surface area contributed by atoms with Gasteiger partial charge in [0.15, 0.2) is 0 Å². The van der Waals surface area contributed by atoms with E-state index >= 15 is 0 Å². The summed E-state index contributed by atoms with van der Waals surface area (Å²) in [6.07, 6.45) is 0. The summed E-state index contributed by atoms with van der Waals surface area (Å²) in [7, 11) is 3.41. The molecule has 0 saturated heterocycles. The average molecular weight is 246 g/mol. The Hall–Kier alpha value is -2.09. The normalized spacial score (nSPS) is 11.6. The lowest BCUT2D eigenvalue weighted by Crippen LogP contribution is -2.36. The van der Waals surface area contributed by atoms with Crippen molar-refractivity contribution in [3.8, 4) is 6.07 Å². The molecule has 0 saturated carbocycles. The third-order valence-corrected chi connectivity index (χ3v) is 2.62. The van der Waals surface area contributed by atoms with E-state index in [0.29, 0.717) is 16.9 Å². The van der Waals surface area contributed by atoms with Gasteiger partial charge in [0.1, 0.15) is 12.1 Å². The van der Waals surface area contributed by atoms with Crippen LogP contribution in [0.25, 0.3) is 0 Å². The van der Waals surface area contributed by atoms with Crippen molar-refractivity contribution in [1.29, 1.82) is 5.26 Å². The number of hydrogen-bond donors (Lipinski definition) is 1. The largest absolute Gasteiger partial charge is 0.373 e. The standard InChI is InChI=1S/C13H18N4O/c1-8-6-12(11(7-14)9(2)15-8)16-10(3)13(18)17(4)5/h6,10H,1-5H3,(H,15,16). The van der Waals surface area contributed by atoms with Gasteiger partial charge in [-0.3, -0.25) is 9.78 Å². The summed E-state index contributed by atoms with van der Waals surface area (Å²) in [4.78, 5) is 17.5. The molecule has 0 aliphatic carbocycles. The third-order valence-electron chi connectivity index (χ3n) is 2.62. The Kier molecular flexibility index (Phi) is 4.27. The zero-order valence-corrected chi connectivity index (χ0v) is 11.4. The number of nitriles is 1. The number of aryl methyl sites for hydroxylation is 2. The van der Waals surface area contributed by atoms with Crippen LogP contribution in [0, 0.1) is 25.2 Å². The Morgan fingerprint density at radius 3 is 2.61 bits per heavy atom. The molecule has 1 amide bonds. The molecule has 0 bridgehead atoms. The van der Waals surface area contributed by atoms with E-state index in [1.807, 2.05) is 6.92 Å². The SMILES string of the molecule is Cc1cc(NC(C)C(=O)N(C)C)c(C#N)c(C)n1. The summed E-state index contributed by atoms with van der Waals surface area (Å²) < 4.78 is 0. The lowest BCUT2D eigenvalue weighted by molar-refractivity contribution is -0.129. The van der Waals surface area contributed by atoms with Gasteiger partial charge in [-0.1, -0.05) is 0 Å². The van der Waals surface area contributed by atoms with Gasteiger partial charge in [-0.05, 0) is 26.8 Å². The van der Waals surface area contributed by atoms with Gasteiger partial charge in [-0.15, -0.1) is 0 Å². The highest BCUT2D eigenvalue weighted by Gasteiger charge is 2.17. The van der Waals surface area contributed by atoms with Crippen molar-refractivity contribution in [2.45, 2.75) is 26.8 Å². The summed E-state index contributed by atoms with van der Waals surface area (Å²) in [5.41, 5.74) is 2.63. The number of pyridine rings is 1. The molecule has 1 unspecified atom stereocenters. The Morgan fingerprint density at radius 1 is 1.50 bits per heavy atom. The van der Waals surface area contributed by atoms with E-state index in [-0.39, 0.29) is 11.9 Å². The van der Waals surface area contributed by atoms with Crippen LogP contribution in [0.4, 0.5) is 5.69 Å². The number of aromatic nitrogens is 1. The van der Waals surface area contributed by atoms with Crippen LogP contribution in [0.3, 0.4) is 0 Å². The highest BCUT2D eigenvalue weighted by Crippen LogP contribution is 2.19. The number of carbonyl (C=O) groups is 1. The van der Waals surface area contributed by atoms with E-state index < -0.39 is 0 Å². The number of nitrogens with one attached hydrogen (secondary N) is 1. The number of amides is 1. The maximum absolute atomic E-state index is 11.8. The second-order valence-corrected chi connectivity index (χ2v) is 4.48. The molecule has 0 aromatic carbocycles. The zero-order chi connectivity index (χ0) is 13.9. The molecule has 0 spiro atoms. The number of carbonyl (C=O) groups excluding carboxylic acids is 1. The average Bonchev–Trinajstić information content (AvgIpc) is 2.27. The maximum atomic E-state index is 11.8. The van der Waals surface area contributed by atoms with Gasteiger partial charge in [-0.25, -0.2) is 0 Å². The number of nitrogens with zero attached hydrogens (tertiary/aromatic N) is 3. The smallest absolute Gasteiger partial charge is 0.244 e. The fourth-order valence-electron chi connectivity index (χ4n) is 1.77. The van der Waals surface area contributed by atoms with Gasteiger partial charge in [0.05, 0.1) is 16.9 Å². The first-order valence-corrected chi connectivity index (χ1v) is 5.73. The molecule has 0 aliphatic rings. The molecule has 0 aliphatic heterocycles. The van der Waals surface area contributed by atoms with Crippen LogP contribution in [0.5, 0.6) is 0 Å². The fourth-order valence-corrected chi connectivity index (χ4v) is 1.77. The molecule has 1 aromatic heterocycles. The third kappa shape index (κ3) is 2.98. The molecule has 1 atom stereocenters. The predicted octanol–water partition coefficient (Wildman–Crippen LogP) is 1.46. The first-order chi connectivity index (χ1) is 8.36. The molecule has 1 N–H and O–H groups in total. The summed E-state index contributed by atoms with van der Waals surface area (Å²) >= 11 is 0. The zero-order valence-electron chi connectivity index (χ0n) is 11.4. The van der Waals surface area contributed by atoms with E-state index in [0.717, 1.165) is 5.69 Å². The minimum absolute atomic E-state index is 0.0361. The summed E-state index contributed by atoms with van der Waals surface area (Å²) in [5.74, 6) is -0.0361. The first kappa shape index (κ1) is 14.0. The van der Waals surface area contributed by atoms with E-state index in [4.69, 9.17) is 5.26 Å². The van der Waals surface area contributed by atoms with Crippen LogP contribution < -0.4 is 5.32 Å². The van der Waals surface area contributed by atoms with Crippen molar-refractivity contribution in [2.75, 3.05) is 19.4 Å². The number of anilines is 1. The quantitative estimate of drug-likeness (QED) is 0.876. The Bertz CT molecular complexity index is 502. The second kappa shape index (κ2) is 5.50. The molecular weight excluding hydrogens is 228 g/mol. The van der Waals surface area contributed by atoms with Gasteiger partial charge in [0.2, 0.25) is 5.91 Å². The molecule has 5 heteroatoms. The monoisotopic (exact) mass is 246 g/mol. The highest BCUT2D eigenvalue weighted by atomic mass is 16.2. The molecular formula is C13H18N4O. The van der Waals surface area contributed by atoms with Crippen LogP contribution in [-0.4, -0.2) is 35.9 Å². The predicted molar refractivity (Wildman–Crippen MR) is 70.2 cm³/mol. The van der Waals surface area contributed by atoms with Crippen molar-refractivity contribution in [3.05, 3.63) is 23.0 Å². The van der Waals surface area contributed by atoms with E-state index in [9.17, 15) is 4.79 Å². The second-order valence-electron chi connectivity index (χ2n) is 4.48. The minimum atomic E-state index is -0.381. The van der Waals surface area contributed by atoms with Gasteiger partial charge >= 0.3 is 0 Å². The molecule has 18 heavy (non-hydrogen) atoms. The first-order valence-electron chi connectivity index (χ1n) is 5.73. The van der Waals surface area contributed by atoms with E-state index in [1.165, 1.54) is 4.90 Å². The van der Waals surface area contributed by atoms with Gasteiger partial charge in [-0.2, -0.15) is 5.26 Å². The van der Waals surface area contributed by atoms with Crippen LogP contribution in [0.1, 0.15) is 23.9 Å². The summed E-state index contributed by atoms with van der Waals surface area (Å²) in [5, 5.41) is 12.2. The van der Waals surface area contributed by atoms with Crippen LogP contribution in [0.2, 0.25) is 0 Å². The van der Waals surface area contributed by atoms with Crippen molar-refractivity contribution in [2.24, 2.45) is 0 Å². The molecule has 1 aromatic rings. The molecule has 0 fully saturated rings. The van der Waals surface area contributed by atoms with Crippen molar-refractivity contribution in [3.63, 3.8) is 0 Å². The lowest BCUT2D eigenvalue weighted by Gasteiger charge is -2.20. The highest BCUT2D eigenvalue weighted by molar-refractivity contribution is 5.84. The Morgan fingerprint density at radius 2 is 2.11 bits per heavy atom. The molecule has 0 radical (unpaired) electrons. The lowest BCUT2D eigenvalue weighted by atomic mass is 10.1. The molecule has 1 heterocycles. The molecule has 96 valence electrons. The summed E-state index contributed by atoms with van der Waals surface area (Å²) in [6, 6.07) is 3.52. The summed E-state index contributed by atoms with van der Waals surface area (Å²) in [6.45, 7) is 5.42. The van der Waals surface area contributed by atoms with Gasteiger partial charge < -0.3 is 10.2 Å². The van der Waals surface area contributed by atoms with Crippen LogP contribution in [-0.2, 0) is 4.79 Å². The molecule has 1 rings (SSSR count). The van der Waals surface area contributed by atoms with Crippen molar-refractivity contribution < 1.29 is 4.79 Å².